The van der Waals surface area contributed by atoms with Gasteiger partial charge in [0.2, 0.25) is 11.7 Å². The van der Waals surface area contributed by atoms with Gasteiger partial charge >= 0.3 is 0 Å². The van der Waals surface area contributed by atoms with Crippen LogP contribution in [0.3, 0.4) is 0 Å². The van der Waals surface area contributed by atoms with Crippen LogP contribution in [0.5, 0.6) is 5.75 Å². The number of carbonyl (C=O) groups excluding carboxylic acids is 1. The molecular weight excluding hydrogens is 402 g/mol. The summed E-state index contributed by atoms with van der Waals surface area (Å²) in [6.07, 6.45) is -0.589. The van der Waals surface area contributed by atoms with Crippen LogP contribution in [0.1, 0.15) is 18.4 Å². The number of hydrogen-bond donors (Lipinski definition) is 0. The molecule has 1 aliphatic rings. The summed E-state index contributed by atoms with van der Waals surface area (Å²) in [6.45, 7) is 5.00. The number of ether oxygens (including phenoxy) is 1. The third-order valence-corrected chi connectivity index (χ3v) is 5.76. The summed E-state index contributed by atoms with van der Waals surface area (Å²) >= 11 is 1.57. The second-order valence-electron chi connectivity index (χ2n) is 6.99. The van der Waals surface area contributed by atoms with Crippen LogP contribution in [0, 0.1) is 11.3 Å². The first-order valence-electron chi connectivity index (χ1n) is 9.67. The number of thiophene rings is 1. The van der Waals surface area contributed by atoms with Gasteiger partial charge in [0.25, 0.3) is 5.91 Å². The molecule has 0 N–H and O–H groups in total. The van der Waals surface area contributed by atoms with Crippen LogP contribution < -0.4 is 4.74 Å². The van der Waals surface area contributed by atoms with Crippen molar-refractivity contribution in [1.29, 1.82) is 5.26 Å². The second kappa shape index (κ2) is 9.07. The molecule has 1 aliphatic heterocycles. The minimum atomic E-state index is -0.589. The Morgan fingerprint density at radius 1 is 1.27 bits per heavy atom. The summed E-state index contributed by atoms with van der Waals surface area (Å²) in [6, 6.07) is 12.7. The first-order chi connectivity index (χ1) is 14.6. The van der Waals surface area contributed by atoms with E-state index in [1.165, 1.54) is 0 Å². The van der Waals surface area contributed by atoms with Crippen LogP contribution in [0.15, 0.2) is 46.3 Å². The van der Waals surface area contributed by atoms with Crippen molar-refractivity contribution in [1.82, 2.24) is 19.9 Å². The van der Waals surface area contributed by atoms with Gasteiger partial charge in [-0.3, -0.25) is 9.69 Å². The van der Waals surface area contributed by atoms with E-state index in [1.807, 2.05) is 22.4 Å². The number of rotatable bonds is 6. The van der Waals surface area contributed by atoms with Crippen LogP contribution in [0.2, 0.25) is 0 Å². The molecule has 2 aromatic heterocycles. The quantitative estimate of drug-likeness (QED) is 0.601. The van der Waals surface area contributed by atoms with Gasteiger partial charge in [0.15, 0.2) is 6.10 Å². The third kappa shape index (κ3) is 4.67. The van der Waals surface area contributed by atoms with Crippen molar-refractivity contribution >= 4 is 17.2 Å². The fraction of sp³-hybridized carbons (Fsp3) is 0.333. The molecule has 3 heterocycles. The SMILES string of the molecule is CC(Oc1ccc(C#N)cc1)C(=O)N1CCN(Cc2nc(-c3cccs3)no2)CC1. The standard InChI is InChI=1S/C21H21N5O3S/c1-15(28-17-6-4-16(13-22)5-7-17)21(27)26-10-8-25(9-11-26)14-19-23-20(24-29-19)18-3-2-12-30-18/h2-7,12,15H,8-11,14H2,1H3. The van der Waals surface area contributed by atoms with E-state index in [-0.39, 0.29) is 5.91 Å². The van der Waals surface area contributed by atoms with Crippen molar-refractivity contribution in [3.63, 3.8) is 0 Å². The topological polar surface area (TPSA) is 95.5 Å². The van der Waals surface area contributed by atoms with Crippen molar-refractivity contribution in [3.8, 4) is 22.5 Å². The average Bonchev–Trinajstić information content (AvgIpc) is 3.46. The molecule has 30 heavy (non-hydrogen) atoms. The maximum absolute atomic E-state index is 12.7. The fourth-order valence-corrected chi connectivity index (χ4v) is 3.91. The number of piperazine rings is 1. The van der Waals surface area contributed by atoms with Crippen molar-refractivity contribution in [2.24, 2.45) is 0 Å². The Morgan fingerprint density at radius 2 is 2.03 bits per heavy atom. The van der Waals surface area contributed by atoms with Gasteiger partial charge in [0, 0.05) is 26.2 Å². The lowest BCUT2D eigenvalue weighted by molar-refractivity contribution is -0.139. The van der Waals surface area contributed by atoms with E-state index < -0.39 is 6.10 Å². The number of nitriles is 1. The van der Waals surface area contributed by atoms with E-state index in [0.717, 1.165) is 18.0 Å². The van der Waals surface area contributed by atoms with Crippen LogP contribution in [0.4, 0.5) is 0 Å². The molecule has 9 heteroatoms. The van der Waals surface area contributed by atoms with Crippen molar-refractivity contribution in [2.75, 3.05) is 26.2 Å². The second-order valence-corrected chi connectivity index (χ2v) is 7.93. The summed E-state index contributed by atoms with van der Waals surface area (Å²) in [5.74, 6) is 1.72. The molecule has 1 atom stereocenters. The van der Waals surface area contributed by atoms with E-state index >= 15 is 0 Å². The average molecular weight is 423 g/mol. The van der Waals surface area contributed by atoms with E-state index in [0.29, 0.717) is 42.7 Å². The Bertz CT molecular complexity index is 1020. The van der Waals surface area contributed by atoms with Crippen LogP contribution in [0.25, 0.3) is 10.7 Å². The lowest BCUT2D eigenvalue weighted by Gasteiger charge is -2.35. The van der Waals surface area contributed by atoms with Gasteiger partial charge in [-0.2, -0.15) is 10.2 Å². The molecule has 1 aromatic carbocycles. The van der Waals surface area contributed by atoms with E-state index in [9.17, 15) is 4.79 Å². The highest BCUT2D eigenvalue weighted by molar-refractivity contribution is 7.13. The molecule has 8 nitrogen and oxygen atoms in total. The minimum Gasteiger partial charge on any atom is -0.481 e. The van der Waals surface area contributed by atoms with Crippen molar-refractivity contribution in [2.45, 2.75) is 19.6 Å². The molecule has 0 spiro atoms. The fourth-order valence-electron chi connectivity index (χ4n) is 3.26. The zero-order chi connectivity index (χ0) is 20.9. The normalized spacial score (nSPS) is 15.5. The molecule has 0 aliphatic carbocycles. The summed E-state index contributed by atoms with van der Waals surface area (Å²) in [5, 5.41) is 14.9. The highest BCUT2D eigenvalue weighted by Gasteiger charge is 2.27. The Labute approximate surface area is 178 Å². The number of hydrogen-bond acceptors (Lipinski definition) is 8. The Balaban J connectivity index is 1.26. The number of carbonyl (C=O) groups is 1. The molecule has 1 saturated heterocycles. The highest BCUT2D eigenvalue weighted by Crippen LogP contribution is 2.22. The molecule has 0 radical (unpaired) electrons. The van der Waals surface area contributed by atoms with Gasteiger partial charge in [-0.25, -0.2) is 0 Å². The lowest BCUT2D eigenvalue weighted by atomic mass is 10.2. The molecule has 1 unspecified atom stereocenters. The lowest BCUT2D eigenvalue weighted by Crippen LogP contribution is -2.51. The van der Waals surface area contributed by atoms with Crippen LogP contribution in [-0.2, 0) is 11.3 Å². The van der Waals surface area contributed by atoms with Gasteiger partial charge in [-0.1, -0.05) is 11.2 Å². The molecule has 3 aromatic rings. The van der Waals surface area contributed by atoms with E-state index in [4.69, 9.17) is 14.5 Å². The van der Waals surface area contributed by atoms with E-state index in [1.54, 1.807) is 42.5 Å². The third-order valence-electron chi connectivity index (χ3n) is 4.90. The van der Waals surface area contributed by atoms with Gasteiger partial charge in [0.05, 0.1) is 23.1 Å². The highest BCUT2D eigenvalue weighted by atomic mass is 32.1. The molecule has 1 fully saturated rings. The molecular formula is C21H21N5O3S. The first-order valence-corrected chi connectivity index (χ1v) is 10.5. The molecule has 4 rings (SSSR count). The van der Waals surface area contributed by atoms with Crippen LogP contribution >= 0.6 is 11.3 Å². The molecule has 154 valence electrons. The predicted octanol–water partition coefficient (Wildman–Crippen LogP) is 2.78. The zero-order valence-electron chi connectivity index (χ0n) is 16.5. The predicted molar refractivity (Wildman–Crippen MR) is 111 cm³/mol. The number of nitrogens with zero attached hydrogens (tertiary/aromatic N) is 5. The van der Waals surface area contributed by atoms with Gasteiger partial charge in [-0.15, -0.1) is 11.3 Å². The maximum atomic E-state index is 12.7. The summed E-state index contributed by atoms with van der Waals surface area (Å²) in [4.78, 5) is 22.2. The monoisotopic (exact) mass is 423 g/mol. The van der Waals surface area contributed by atoms with Gasteiger partial charge < -0.3 is 14.2 Å². The van der Waals surface area contributed by atoms with Gasteiger partial charge in [-0.05, 0) is 42.6 Å². The first kappa shape index (κ1) is 20.1. The van der Waals surface area contributed by atoms with E-state index in [2.05, 4.69) is 21.1 Å². The number of amides is 1. The minimum absolute atomic E-state index is 0.0446. The molecule has 0 bridgehead atoms. The molecule has 0 saturated carbocycles. The smallest absolute Gasteiger partial charge is 0.263 e. The summed E-state index contributed by atoms with van der Waals surface area (Å²) in [7, 11) is 0. The number of aromatic nitrogens is 2. The summed E-state index contributed by atoms with van der Waals surface area (Å²) in [5.41, 5.74) is 0.557. The van der Waals surface area contributed by atoms with Crippen LogP contribution in [-0.4, -0.2) is 58.1 Å². The Kier molecular flexibility index (Phi) is 6.07. The molecule has 1 amide bonds. The Hall–Kier alpha value is -3.22. The zero-order valence-corrected chi connectivity index (χ0v) is 17.3. The Morgan fingerprint density at radius 3 is 2.70 bits per heavy atom. The largest absolute Gasteiger partial charge is 0.481 e. The van der Waals surface area contributed by atoms with Crippen molar-refractivity contribution in [3.05, 3.63) is 53.2 Å². The van der Waals surface area contributed by atoms with Gasteiger partial charge in [0.1, 0.15) is 5.75 Å². The summed E-state index contributed by atoms with van der Waals surface area (Å²) < 4.78 is 11.1. The van der Waals surface area contributed by atoms with Crippen molar-refractivity contribution < 1.29 is 14.1 Å². The maximum Gasteiger partial charge on any atom is 0.263 e. The number of benzene rings is 1.